The number of ether oxygens (including phenoxy) is 3. The van der Waals surface area contributed by atoms with Gasteiger partial charge in [-0.25, -0.2) is 4.79 Å². The lowest BCUT2D eigenvalue weighted by Crippen LogP contribution is -2.32. The fourth-order valence-electron chi connectivity index (χ4n) is 2.75. The quantitative estimate of drug-likeness (QED) is 0.403. The smallest absolute Gasteiger partial charge is 0.407 e. The van der Waals surface area contributed by atoms with Crippen LogP contribution in [0.15, 0.2) is 12.2 Å². The van der Waals surface area contributed by atoms with Crippen LogP contribution in [-0.4, -0.2) is 81.4 Å². The van der Waals surface area contributed by atoms with Crippen LogP contribution in [0.3, 0.4) is 0 Å². The number of carbonyl (C=O) groups is 1. The summed E-state index contributed by atoms with van der Waals surface area (Å²) in [6, 6.07) is 0. The maximum absolute atomic E-state index is 11.8. The maximum atomic E-state index is 11.8. The van der Waals surface area contributed by atoms with Gasteiger partial charge in [0.1, 0.15) is 6.10 Å². The van der Waals surface area contributed by atoms with Crippen molar-refractivity contribution in [2.24, 2.45) is 0 Å². The van der Waals surface area contributed by atoms with Crippen molar-refractivity contribution < 1.29 is 24.1 Å². The van der Waals surface area contributed by atoms with Crippen LogP contribution in [0.25, 0.3) is 0 Å². The molecule has 2 atom stereocenters. The number of allylic oxidation sites excluding steroid dienone is 2. The molecular formula is C19H36N2O5. The third-order valence-electron chi connectivity index (χ3n) is 4.07. The molecule has 7 nitrogen and oxygen atoms in total. The van der Waals surface area contributed by atoms with Crippen LogP contribution >= 0.6 is 0 Å². The molecule has 0 aromatic heterocycles. The molecule has 0 fully saturated rings. The molecule has 0 heterocycles. The van der Waals surface area contributed by atoms with Crippen molar-refractivity contribution in [3.05, 3.63) is 12.2 Å². The Morgan fingerprint density at radius 2 is 1.92 bits per heavy atom. The fourth-order valence-corrected chi connectivity index (χ4v) is 2.75. The number of carbonyl (C=O) groups excluding carboxylic acids is 1. The van der Waals surface area contributed by atoms with Gasteiger partial charge in [-0.05, 0) is 46.1 Å². The summed E-state index contributed by atoms with van der Waals surface area (Å²) in [7, 11) is 1.95. The van der Waals surface area contributed by atoms with Crippen molar-refractivity contribution in [2.75, 3.05) is 53.1 Å². The molecule has 0 saturated carbocycles. The van der Waals surface area contributed by atoms with Gasteiger partial charge in [-0.15, -0.1) is 0 Å². The van der Waals surface area contributed by atoms with Gasteiger partial charge in [0, 0.05) is 19.6 Å². The average molecular weight is 373 g/mol. The number of alkyl carbamates (subject to hydrolysis) is 1. The highest BCUT2D eigenvalue weighted by molar-refractivity contribution is 5.67. The molecule has 0 aromatic rings. The SMILES string of the molecule is CC(O)CN(C)CCOCCOCCNC(=O)OC1CC/C=C/CCC1. The van der Waals surface area contributed by atoms with Crippen LogP contribution in [0.4, 0.5) is 4.79 Å². The Bertz CT molecular complexity index is 390. The minimum atomic E-state index is -0.361. The summed E-state index contributed by atoms with van der Waals surface area (Å²) in [5.41, 5.74) is 0. The first-order valence-corrected chi connectivity index (χ1v) is 9.69. The zero-order valence-corrected chi connectivity index (χ0v) is 16.3. The predicted molar refractivity (Wildman–Crippen MR) is 101 cm³/mol. The van der Waals surface area contributed by atoms with E-state index in [0.717, 1.165) is 38.6 Å². The van der Waals surface area contributed by atoms with Crippen molar-refractivity contribution in [1.29, 1.82) is 0 Å². The second kappa shape index (κ2) is 15.0. The van der Waals surface area contributed by atoms with Gasteiger partial charge in [-0.2, -0.15) is 0 Å². The topological polar surface area (TPSA) is 80.3 Å². The minimum absolute atomic E-state index is 0.0150. The zero-order valence-electron chi connectivity index (χ0n) is 16.3. The molecule has 7 heteroatoms. The molecule has 152 valence electrons. The molecule has 1 aliphatic carbocycles. The van der Waals surface area contributed by atoms with E-state index < -0.39 is 0 Å². The normalized spacial score (nSPS) is 20.2. The summed E-state index contributed by atoms with van der Waals surface area (Å²) in [5.74, 6) is 0. The van der Waals surface area contributed by atoms with Gasteiger partial charge in [0.15, 0.2) is 0 Å². The second-order valence-corrected chi connectivity index (χ2v) is 6.77. The lowest BCUT2D eigenvalue weighted by Gasteiger charge is -2.18. The fraction of sp³-hybridized carbons (Fsp3) is 0.842. The van der Waals surface area contributed by atoms with Crippen molar-refractivity contribution in [1.82, 2.24) is 10.2 Å². The highest BCUT2D eigenvalue weighted by Crippen LogP contribution is 2.15. The number of aliphatic hydroxyl groups excluding tert-OH is 1. The van der Waals surface area contributed by atoms with E-state index in [1.54, 1.807) is 6.92 Å². The number of rotatable bonds is 12. The van der Waals surface area contributed by atoms with Gasteiger partial charge >= 0.3 is 6.09 Å². The van der Waals surface area contributed by atoms with Crippen LogP contribution in [0.2, 0.25) is 0 Å². The van der Waals surface area contributed by atoms with Crippen LogP contribution in [0, 0.1) is 0 Å². The van der Waals surface area contributed by atoms with E-state index in [9.17, 15) is 9.90 Å². The summed E-state index contributed by atoms with van der Waals surface area (Å²) in [4.78, 5) is 13.8. The number of nitrogens with one attached hydrogen (secondary N) is 1. The molecule has 1 aliphatic rings. The molecule has 0 aromatic carbocycles. The van der Waals surface area contributed by atoms with Gasteiger partial charge < -0.3 is 29.5 Å². The first kappa shape index (κ1) is 22.9. The third-order valence-corrected chi connectivity index (χ3v) is 4.07. The Labute approximate surface area is 157 Å². The first-order valence-electron chi connectivity index (χ1n) is 9.69. The van der Waals surface area contributed by atoms with E-state index in [4.69, 9.17) is 14.2 Å². The summed E-state index contributed by atoms with van der Waals surface area (Å²) < 4.78 is 16.3. The predicted octanol–water partition coefficient (Wildman–Crippen LogP) is 1.95. The molecule has 0 radical (unpaired) electrons. The molecule has 1 rings (SSSR count). The minimum Gasteiger partial charge on any atom is -0.446 e. The maximum Gasteiger partial charge on any atom is 0.407 e. The number of amides is 1. The summed E-state index contributed by atoms with van der Waals surface area (Å²) >= 11 is 0. The Balaban J connectivity index is 1.90. The van der Waals surface area contributed by atoms with E-state index in [1.165, 1.54) is 0 Å². The Hall–Kier alpha value is -1.15. The van der Waals surface area contributed by atoms with Crippen LogP contribution < -0.4 is 5.32 Å². The van der Waals surface area contributed by atoms with Crippen LogP contribution in [-0.2, 0) is 14.2 Å². The second-order valence-electron chi connectivity index (χ2n) is 6.77. The van der Waals surface area contributed by atoms with E-state index >= 15 is 0 Å². The lowest BCUT2D eigenvalue weighted by atomic mass is 10.0. The molecule has 0 aliphatic heterocycles. The molecule has 0 spiro atoms. The van der Waals surface area contributed by atoms with E-state index in [-0.39, 0.29) is 18.3 Å². The highest BCUT2D eigenvalue weighted by atomic mass is 16.6. The van der Waals surface area contributed by atoms with Crippen molar-refractivity contribution in [3.8, 4) is 0 Å². The third kappa shape index (κ3) is 13.1. The summed E-state index contributed by atoms with van der Waals surface area (Å²) in [6.45, 7) is 5.66. The van der Waals surface area contributed by atoms with E-state index in [0.29, 0.717) is 39.5 Å². The number of aliphatic hydroxyl groups is 1. The van der Waals surface area contributed by atoms with Crippen LogP contribution in [0.5, 0.6) is 0 Å². The highest BCUT2D eigenvalue weighted by Gasteiger charge is 2.14. The average Bonchev–Trinajstić information content (AvgIpc) is 2.55. The van der Waals surface area contributed by atoms with E-state index in [2.05, 4.69) is 17.5 Å². The number of likely N-dealkylation sites (N-methyl/N-ethyl adjacent to an activating group) is 1. The van der Waals surface area contributed by atoms with Gasteiger partial charge in [0.2, 0.25) is 0 Å². The molecular weight excluding hydrogens is 336 g/mol. The molecule has 26 heavy (non-hydrogen) atoms. The number of nitrogens with zero attached hydrogens (tertiary/aromatic N) is 1. The van der Waals surface area contributed by atoms with Gasteiger partial charge in [0.05, 0.1) is 32.5 Å². The number of hydrogen-bond donors (Lipinski definition) is 2. The Morgan fingerprint density at radius 1 is 1.19 bits per heavy atom. The molecule has 2 unspecified atom stereocenters. The summed E-state index contributed by atoms with van der Waals surface area (Å²) in [5, 5.41) is 12.0. The van der Waals surface area contributed by atoms with E-state index in [1.807, 2.05) is 11.9 Å². The van der Waals surface area contributed by atoms with Gasteiger partial charge in [-0.1, -0.05) is 12.2 Å². The molecule has 1 amide bonds. The van der Waals surface area contributed by atoms with Crippen molar-refractivity contribution >= 4 is 6.09 Å². The molecule has 0 saturated heterocycles. The lowest BCUT2D eigenvalue weighted by molar-refractivity contribution is 0.0364. The molecule has 2 N–H and O–H groups in total. The Morgan fingerprint density at radius 3 is 2.69 bits per heavy atom. The first-order chi connectivity index (χ1) is 12.6. The van der Waals surface area contributed by atoms with Crippen molar-refractivity contribution in [2.45, 2.75) is 51.2 Å². The zero-order chi connectivity index (χ0) is 19.0. The van der Waals surface area contributed by atoms with Gasteiger partial charge in [0.25, 0.3) is 0 Å². The Kier molecular flexibility index (Phi) is 13.2. The monoisotopic (exact) mass is 372 g/mol. The molecule has 0 bridgehead atoms. The number of hydrogen-bond acceptors (Lipinski definition) is 6. The van der Waals surface area contributed by atoms with Gasteiger partial charge in [-0.3, -0.25) is 0 Å². The largest absolute Gasteiger partial charge is 0.446 e. The summed E-state index contributed by atoms with van der Waals surface area (Å²) in [6.07, 6.45) is 8.60. The van der Waals surface area contributed by atoms with Crippen molar-refractivity contribution in [3.63, 3.8) is 0 Å². The van der Waals surface area contributed by atoms with Crippen LogP contribution in [0.1, 0.15) is 39.0 Å². The standard InChI is InChI=1S/C19H36N2O5/c1-17(22)16-21(2)11-13-25-15-14-24-12-10-20-19(23)26-18-8-6-4-3-5-7-9-18/h3-4,17-18,22H,5-16H2,1-2H3,(H,20,23)/b4-3+.